The second-order valence-corrected chi connectivity index (χ2v) is 14.0. The normalized spacial score (nSPS) is 52.9. The number of fused-ring (bicyclic) bond motifs is 4. The number of rotatable bonds is 1. The van der Waals surface area contributed by atoms with Crippen molar-refractivity contribution >= 4 is 0 Å². The van der Waals surface area contributed by atoms with Crippen molar-refractivity contribution in [3.8, 4) is 0 Å². The summed E-state index contributed by atoms with van der Waals surface area (Å²) < 4.78 is 9.93. The van der Waals surface area contributed by atoms with Gasteiger partial charge >= 0.3 is 5.63 Å². The van der Waals surface area contributed by atoms with Crippen LogP contribution in [0.3, 0.4) is 0 Å². The summed E-state index contributed by atoms with van der Waals surface area (Å²) in [5.41, 5.74) is 2.85. The lowest BCUT2D eigenvalue weighted by molar-refractivity contribution is -0.277. The number of aliphatic hydroxyl groups is 4. The lowest BCUT2D eigenvalue weighted by Crippen LogP contribution is -2.56. The highest BCUT2D eigenvalue weighted by molar-refractivity contribution is 5.25. The highest BCUT2D eigenvalue weighted by Crippen LogP contribution is 2.80. The van der Waals surface area contributed by atoms with E-state index >= 15 is 0 Å². The Balaban J connectivity index is 0.000000204. The van der Waals surface area contributed by atoms with Crippen molar-refractivity contribution in [3.05, 3.63) is 34.4 Å². The van der Waals surface area contributed by atoms with Crippen molar-refractivity contribution in [3.63, 3.8) is 0 Å². The van der Waals surface area contributed by atoms with Crippen LogP contribution in [-0.4, -0.2) is 51.1 Å². The molecule has 0 amide bonds. The van der Waals surface area contributed by atoms with Crippen LogP contribution < -0.4 is 5.63 Å². The molecule has 1 aromatic heterocycles. The molecular weight excluding hydrogens is 484 g/mol. The quantitative estimate of drug-likeness (QED) is 0.434. The van der Waals surface area contributed by atoms with Crippen molar-refractivity contribution in [1.82, 2.24) is 0 Å². The van der Waals surface area contributed by atoms with Gasteiger partial charge in [-0.15, -0.1) is 0 Å². The third kappa shape index (κ3) is 3.90. The molecule has 7 heteroatoms. The average Bonchev–Trinajstić information content (AvgIpc) is 3.52. The molecule has 4 N–H and O–H groups in total. The molecule has 0 aromatic carbocycles. The van der Waals surface area contributed by atoms with Crippen LogP contribution in [0.4, 0.5) is 0 Å². The van der Waals surface area contributed by atoms with Crippen LogP contribution in [0, 0.1) is 39.9 Å². The highest BCUT2D eigenvalue weighted by atomic mass is 16.6. The molecule has 7 nitrogen and oxygen atoms in total. The van der Waals surface area contributed by atoms with Crippen molar-refractivity contribution in [2.75, 3.05) is 0 Å². The molecule has 1 aliphatic heterocycles. The molecule has 0 bridgehead atoms. The molecule has 5 aliphatic carbocycles. The van der Waals surface area contributed by atoms with Crippen molar-refractivity contribution < 1.29 is 29.6 Å². The van der Waals surface area contributed by atoms with Gasteiger partial charge in [0.1, 0.15) is 18.3 Å². The zero-order valence-electron chi connectivity index (χ0n) is 23.1. The Bertz CT molecular complexity index is 1050. The van der Waals surface area contributed by atoms with Gasteiger partial charge in [0.15, 0.2) is 6.29 Å². The monoisotopic (exact) mass is 530 g/mol. The maximum Gasteiger partial charge on any atom is 0.335 e. The smallest absolute Gasteiger partial charge is 0.335 e. The van der Waals surface area contributed by atoms with Gasteiger partial charge in [-0.25, -0.2) is 4.79 Å². The molecular formula is C31H46O7. The molecule has 1 spiro atoms. The zero-order valence-corrected chi connectivity index (χ0v) is 23.1. The van der Waals surface area contributed by atoms with E-state index in [0.29, 0.717) is 16.7 Å². The fraction of sp³-hybridized carbons (Fsp3) is 0.839. The number of hydrogen-bond donors (Lipinski definition) is 4. The first-order chi connectivity index (χ1) is 18.0. The predicted molar refractivity (Wildman–Crippen MR) is 141 cm³/mol. The maximum absolute atomic E-state index is 11.4. The topological polar surface area (TPSA) is 120 Å². The van der Waals surface area contributed by atoms with E-state index in [4.69, 9.17) is 24.8 Å². The van der Waals surface area contributed by atoms with E-state index < -0.39 is 30.7 Å². The summed E-state index contributed by atoms with van der Waals surface area (Å²) in [7, 11) is 0. The first-order valence-electron chi connectivity index (χ1n) is 15.0. The Hall–Kier alpha value is -1.25. The van der Waals surface area contributed by atoms with E-state index in [1.165, 1.54) is 70.3 Å². The minimum Gasteiger partial charge on any atom is -0.431 e. The molecule has 1 saturated heterocycles. The highest BCUT2D eigenvalue weighted by Gasteiger charge is 2.71. The Labute approximate surface area is 225 Å². The lowest BCUT2D eigenvalue weighted by Gasteiger charge is -2.61. The minimum atomic E-state index is -1.43. The summed E-state index contributed by atoms with van der Waals surface area (Å²) in [5.74, 6) is 4.45. The summed E-state index contributed by atoms with van der Waals surface area (Å²) in [4.78, 5) is 11.4. The van der Waals surface area contributed by atoms with Crippen LogP contribution in [-0.2, 0) is 4.74 Å². The van der Waals surface area contributed by atoms with Gasteiger partial charge in [0.25, 0.3) is 0 Å². The van der Waals surface area contributed by atoms with E-state index in [1.807, 2.05) is 6.07 Å². The first kappa shape index (κ1) is 26.9. The number of aliphatic hydroxyl groups excluding tert-OH is 4. The third-order valence-electron chi connectivity index (χ3n) is 12.7. The van der Waals surface area contributed by atoms with Gasteiger partial charge in [0.2, 0.25) is 0 Å². The van der Waals surface area contributed by atoms with Gasteiger partial charge in [-0.2, -0.15) is 0 Å². The van der Waals surface area contributed by atoms with E-state index in [2.05, 4.69) is 18.6 Å². The second-order valence-electron chi connectivity index (χ2n) is 14.0. The third-order valence-corrected chi connectivity index (χ3v) is 12.7. The molecule has 13 atom stereocenters. The fourth-order valence-corrected chi connectivity index (χ4v) is 10.6. The molecule has 212 valence electrons. The van der Waals surface area contributed by atoms with Gasteiger partial charge in [0, 0.05) is 6.07 Å². The molecule has 0 radical (unpaired) electrons. The molecule has 6 aliphatic rings. The van der Waals surface area contributed by atoms with E-state index in [0.717, 1.165) is 29.1 Å². The molecule has 1 aromatic rings. The van der Waals surface area contributed by atoms with Gasteiger partial charge in [-0.05, 0) is 122 Å². The Kier molecular flexibility index (Phi) is 6.67. The SMILES string of the molecule is C[C@H]1OC(O)[C@@H](O)[C@@H](O)[C@@H]1O.C[C@]12CC[C@H]3[C@@H](CCC45CC4CCC[C@]35C)[C@@H]1CC[C@@H]2c1ccc(=O)oc1. The summed E-state index contributed by atoms with van der Waals surface area (Å²) in [6.45, 7) is 6.79. The van der Waals surface area contributed by atoms with Gasteiger partial charge in [-0.3, -0.25) is 0 Å². The summed E-state index contributed by atoms with van der Waals surface area (Å²) in [6, 6.07) is 3.67. The second kappa shape index (κ2) is 9.41. The Morgan fingerprint density at radius 1 is 0.868 bits per heavy atom. The van der Waals surface area contributed by atoms with Gasteiger partial charge in [-0.1, -0.05) is 20.3 Å². The first-order valence-corrected chi connectivity index (χ1v) is 15.0. The minimum absolute atomic E-state index is 0.219. The standard InChI is InChI=1S/C25H34O2.C6H12O5/c1-23-12-10-21-18(9-13-25-14-17(25)4-3-11-24(21,25)2)20(23)7-6-19(23)16-5-8-22(26)27-15-16;1-2-3(7)4(8)5(9)6(10)11-2/h5,8,15,17-21H,3-4,6-7,9-14H2,1-2H3;2-10H,1H3/t17?,18-,19+,20-,21-,23+,24+,25?;2-,3-,4+,5+,6?/m01/s1. The summed E-state index contributed by atoms with van der Waals surface area (Å²) >= 11 is 0. The van der Waals surface area contributed by atoms with E-state index in [1.54, 1.807) is 18.8 Å². The van der Waals surface area contributed by atoms with Gasteiger partial charge < -0.3 is 29.6 Å². The number of ether oxygens (including phenoxy) is 1. The van der Waals surface area contributed by atoms with Crippen molar-refractivity contribution in [2.24, 2.45) is 39.9 Å². The van der Waals surface area contributed by atoms with Crippen molar-refractivity contribution in [1.29, 1.82) is 0 Å². The number of hydrogen-bond acceptors (Lipinski definition) is 7. The Morgan fingerprint density at radius 2 is 1.66 bits per heavy atom. The Morgan fingerprint density at radius 3 is 2.39 bits per heavy atom. The molecule has 38 heavy (non-hydrogen) atoms. The van der Waals surface area contributed by atoms with Gasteiger partial charge in [0.05, 0.1) is 12.4 Å². The molecule has 3 unspecified atom stereocenters. The average molecular weight is 531 g/mol. The van der Waals surface area contributed by atoms with Crippen LogP contribution in [0.1, 0.15) is 96.5 Å². The largest absolute Gasteiger partial charge is 0.431 e. The van der Waals surface area contributed by atoms with Crippen LogP contribution in [0.25, 0.3) is 0 Å². The van der Waals surface area contributed by atoms with E-state index in [-0.39, 0.29) is 5.63 Å². The zero-order chi connectivity index (χ0) is 27.0. The van der Waals surface area contributed by atoms with Crippen LogP contribution >= 0.6 is 0 Å². The molecule has 7 rings (SSSR count). The maximum atomic E-state index is 11.4. The molecule has 6 fully saturated rings. The van der Waals surface area contributed by atoms with Crippen LogP contribution in [0.2, 0.25) is 0 Å². The molecule has 2 heterocycles. The van der Waals surface area contributed by atoms with Crippen LogP contribution in [0.5, 0.6) is 0 Å². The lowest BCUT2D eigenvalue weighted by atomic mass is 9.44. The molecule has 5 saturated carbocycles. The fourth-order valence-electron chi connectivity index (χ4n) is 10.6. The van der Waals surface area contributed by atoms with Crippen LogP contribution in [0.15, 0.2) is 27.6 Å². The summed E-state index contributed by atoms with van der Waals surface area (Å²) in [6.07, 6.45) is 10.3. The summed E-state index contributed by atoms with van der Waals surface area (Å²) in [5, 5.41) is 36.0. The van der Waals surface area contributed by atoms with E-state index in [9.17, 15) is 4.79 Å². The predicted octanol–water partition coefficient (Wildman–Crippen LogP) is 3.96. The van der Waals surface area contributed by atoms with Crippen molar-refractivity contribution in [2.45, 2.75) is 122 Å².